The maximum atomic E-state index is 13.6. The quantitative estimate of drug-likeness (QED) is 0.458. The number of ketones is 1. The first kappa shape index (κ1) is 19.7. The summed E-state index contributed by atoms with van der Waals surface area (Å²) in [5.41, 5.74) is 1.29. The Balaban J connectivity index is 1.72. The van der Waals surface area contributed by atoms with Crippen LogP contribution in [0.25, 0.3) is 0 Å². The molecule has 1 aliphatic heterocycles. The molecule has 4 rings (SSSR count). The zero-order chi connectivity index (χ0) is 21.3. The summed E-state index contributed by atoms with van der Waals surface area (Å²) in [6.07, 6.45) is -0.916. The zero-order valence-corrected chi connectivity index (χ0v) is 17.3. The number of β-lactam (4-membered cyclic amide) rings is 1. The van der Waals surface area contributed by atoms with Crippen LogP contribution in [0.2, 0.25) is 0 Å². The number of carbonyl (C=O) groups is 2. The molecule has 1 heterocycles. The van der Waals surface area contributed by atoms with Crippen molar-refractivity contribution in [2.45, 2.75) is 25.5 Å². The van der Waals surface area contributed by atoms with Crippen LogP contribution in [0.3, 0.4) is 0 Å². The number of amides is 1. The van der Waals surface area contributed by atoms with Crippen molar-refractivity contribution in [1.82, 2.24) is 5.01 Å². The van der Waals surface area contributed by atoms with Gasteiger partial charge in [0.05, 0.1) is 5.69 Å². The van der Waals surface area contributed by atoms with Gasteiger partial charge in [0.25, 0.3) is 5.91 Å². The lowest BCUT2D eigenvalue weighted by Gasteiger charge is -2.56. The molecule has 0 N–H and O–H groups in total. The highest BCUT2D eigenvalue weighted by molar-refractivity contribution is 6.13. The standard InChI is InChI=1S/C25H24N2O3/c1-18-14-16-20(17-15-18)26(3)27-24(29)23(30-21-12-8-5-9-13-21)25(27,2)22(28)19-10-6-4-7-11-19/h4-17,23H,1-3H3/t23-,25-/m0/s1. The van der Waals surface area contributed by atoms with Crippen molar-refractivity contribution in [3.63, 3.8) is 0 Å². The lowest BCUT2D eigenvalue weighted by molar-refractivity contribution is -0.172. The Bertz CT molecular complexity index is 1050. The van der Waals surface area contributed by atoms with Crippen molar-refractivity contribution in [2.24, 2.45) is 0 Å². The van der Waals surface area contributed by atoms with E-state index >= 15 is 0 Å². The van der Waals surface area contributed by atoms with Gasteiger partial charge in [-0.1, -0.05) is 66.2 Å². The number of aryl methyl sites for hydroxylation is 1. The molecule has 3 aromatic carbocycles. The lowest BCUT2D eigenvalue weighted by atomic mass is 9.77. The van der Waals surface area contributed by atoms with Gasteiger partial charge in [-0.2, -0.15) is 0 Å². The highest BCUT2D eigenvalue weighted by Gasteiger charge is 2.65. The summed E-state index contributed by atoms with van der Waals surface area (Å²) >= 11 is 0. The molecule has 5 heteroatoms. The van der Waals surface area contributed by atoms with Gasteiger partial charge in [0.1, 0.15) is 5.75 Å². The van der Waals surface area contributed by atoms with E-state index in [0.717, 1.165) is 11.3 Å². The summed E-state index contributed by atoms with van der Waals surface area (Å²) in [5, 5.41) is 3.23. The van der Waals surface area contributed by atoms with Gasteiger partial charge in [-0.25, -0.2) is 5.01 Å². The molecule has 0 bridgehead atoms. The van der Waals surface area contributed by atoms with E-state index in [1.807, 2.05) is 67.6 Å². The van der Waals surface area contributed by atoms with Gasteiger partial charge in [0, 0.05) is 12.6 Å². The van der Waals surface area contributed by atoms with Crippen LogP contribution in [-0.2, 0) is 4.79 Å². The molecule has 1 fully saturated rings. The molecule has 0 unspecified atom stereocenters. The van der Waals surface area contributed by atoms with E-state index in [4.69, 9.17) is 4.74 Å². The third-order valence-electron chi connectivity index (χ3n) is 5.58. The van der Waals surface area contributed by atoms with Crippen LogP contribution in [-0.4, -0.2) is 35.4 Å². The van der Waals surface area contributed by atoms with E-state index in [1.54, 1.807) is 43.2 Å². The van der Waals surface area contributed by atoms with Crippen molar-refractivity contribution in [1.29, 1.82) is 0 Å². The highest BCUT2D eigenvalue weighted by Crippen LogP contribution is 2.40. The van der Waals surface area contributed by atoms with Gasteiger partial charge in [-0.05, 0) is 38.1 Å². The van der Waals surface area contributed by atoms with E-state index in [2.05, 4.69) is 0 Å². The molecule has 0 saturated carbocycles. The second kappa shape index (κ2) is 7.67. The summed E-state index contributed by atoms with van der Waals surface area (Å²) in [4.78, 5) is 26.8. The molecule has 0 radical (unpaired) electrons. The van der Waals surface area contributed by atoms with Crippen LogP contribution in [0.5, 0.6) is 5.75 Å². The molecule has 5 nitrogen and oxygen atoms in total. The highest BCUT2D eigenvalue weighted by atomic mass is 16.5. The maximum absolute atomic E-state index is 13.6. The second-order valence-corrected chi connectivity index (χ2v) is 7.66. The maximum Gasteiger partial charge on any atom is 0.286 e. The number of hydrogen-bond acceptors (Lipinski definition) is 4. The van der Waals surface area contributed by atoms with Gasteiger partial charge in [0.15, 0.2) is 11.3 Å². The summed E-state index contributed by atoms with van der Waals surface area (Å²) in [7, 11) is 1.79. The van der Waals surface area contributed by atoms with E-state index in [1.165, 1.54) is 5.01 Å². The van der Waals surface area contributed by atoms with Crippen molar-refractivity contribution in [3.05, 3.63) is 96.1 Å². The van der Waals surface area contributed by atoms with Crippen LogP contribution in [0.1, 0.15) is 22.8 Å². The third-order valence-corrected chi connectivity index (χ3v) is 5.58. The fourth-order valence-electron chi connectivity index (χ4n) is 3.86. The number of hydrazine groups is 1. The molecular weight excluding hydrogens is 376 g/mol. The molecule has 0 aliphatic carbocycles. The van der Waals surface area contributed by atoms with E-state index in [-0.39, 0.29) is 11.7 Å². The molecule has 0 aromatic heterocycles. The fraction of sp³-hybridized carbons (Fsp3) is 0.200. The first-order chi connectivity index (χ1) is 14.4. The van der Waals surface area contributed by atoms with Crippen LogP contribution >= 0.6 is 0 Å². The number of benzene rings is 3. The lowest BCUT2D eigenvalue weighted by Crippen LogP contribution is -2.81. The molecule has 1 saturated heterocycles. The fourth-order valence-corrected chi connectivity index (χ4v) is 3.86. The first-order valence-corrected chi connectivity index (χ1v) is 9.89. The van der Waals surface area contributed by atoms with E-state index in [0.29, 0.717) is 11.3 Å². The number of anilines is 1. The number of carbonyl (C=O) groups excluding carboxylic acids is 2. The van der Waals surface area contributed by atoms with Crippen molar-refractivity contribution in [3.8, 4) is 5.75 Å². The molecule has 1 amide bonds. The SMILES string of the molecule is Cc1ccc(N(C)N2C(=O)[C@H](Oc3ccccc3)[C@]2(C)C(=O)c2ccccc2)cc1. The Morgan fingerprint density at radius 2 is 1.50 bits per heavy atom. The number of ether oxygens (including phenoxy) is 1. The molecular formula is C25H24N2O3. The Morgan fingerprint density at radius 3 is 2.10 bits per heavy atom. The van der Waals surface area contributed by atoms with Gasteiger partial charge in [-0.3, -0.25) is 14.6 Å². The zero-order valence-electron chi connectivity index (χ0n) is 17.3. The normalized spacial score (nSPS) is 20.4. The topological polar surface area (TPSA) is 49.9 Å². The van der Waals surface area contributed by atoms with Gasteiger partial charge in [-0.15, -0.1) is 0 Å². The predicted octanol–water partition coefficient (Wildman–Crippen LogP) is 4.28. The average molecular weight is 400 g/mol. The minimum absolute atomic E-state index is 0.164. The Hall–Kier alpha value is -3.60. The summed E-state index contributed by atoms with van der Waals surface area (Å²) in [6.45, 7) is 3.77. The average Bonchev–Trinajstić information content (AvgIpc) is 2.78. The number of Topliss-reactive ketones (excluding diaryl/α,β-unsaturated/α-hetero) is 1. The Morgan fingerprint density at radius 1 is 0.933 bits per heavy atom. The molecule has 3 aromatic rings. The Labute approximate surface area is 176 Å². The number of rotatable bonds is 6. The summed E-state index contributed by atoms with van der Waals surface area (Å²) in [6, 6.07) is 26.0. The monoisotopic (exact) mass is 400 g/mol. The van der Waals surface area contributed by atoms with Crippen molar-refractivity contribution < 1.29 is 14.3 Å². The first-order valence-electron chi connectivity index (χ1n) is 9.89. The molecule has 30 heavy (non-hydrogen) atoms. The van der Waals surface area contributed by atoms with Crippen LogP contribution in [0, 0.1) is 6.92 Å². The molecule has 152 valence electrons. The second-order valence-electron chi connectivity index (χ2n) is 7.66. The Kier molecular flexibility index (Phi) is 5.04. The van der Waals surface area contributed by atoms with Gasteiger partial charge >= 0.3 is 0 Å². The third kappa shape index (κ3) is 3.22. The summed E-state index contributed by atoms with van der Waals surface area (Å²) < 4.78 is 6.02. The molecule has 1 aliphatic rings. The smallest absolute Gasteiger partial charge is 0.286 e. The molecule has 0 spiro atoms. The minimum atomic E-state index is -1.19. The minimum Gasteiger partial charge on any atom is -0.477 e. The van der Waals surface area contributed by atoms with Crippen molar-refractivity contribution in [2.75, 3.05) is 12.1 Å². The van der Waals surface area contributed by atoms with Crippen LogP contribution < -0.4 is 9.75 Å². The summed E-state index contributed by atoms with van der Waals surface area (Å²) in [5.74, 6) is 0.136. The number of nitrogens with zero attached hydrogens (tertiary/aromatic N) is 2. The van der Waals surface area contributed by atoms with Crippen LogP contribution in [0.4, 0.5) is 5.69 Å². The number of hydrogen-bond donors (Lipinski definition) is 0. The van der Waals surface area contributed by atoms with Crippen molar-refractivity contribution >= 4 is 17.4 Å². The number of para-hydroxylation sites is 1. The van der Waals surface area contributed by atoms with E-state index < -0.39 is 11.6 Å². The molecule has 2 atom stereocenters. The largest absolute Gasteiger partial charge is 0.477 e. The predicted molar refractivity (Wildman–Crippen MR) is 116 cm³/mol. The van der Waals surface area contributed by atoms with E-state index in [9.17, 15) is 9.59 Å². The van der Waals surface area contributed by atoms with Gasteiger partial charge in [0.2, 0.25) is 6.10 Å². The van der Waals surface area contributed by atoms with Crippen LogP contribution in [0.15, 0.2) is 84.9 Å². The van der Waals surface area contributed by atoms with Gasteiger partial charge < -0.3 is 4.74 Å².